The van der Waals surface area contributed by atoms with Gasteiger partial charge in [0.05, 0.1) is 24.6 Å². The third-order valence-electron chi connectivity index (χ3n) is 5.99. The average Bonchev–Trinajstić information content (AvgIpc) is 3.47. The molecule has 3 heterocycles. The van der Waals surface area contributed by atoms with Gasteiger partial charge in [-0.3, -0.25) is 4.79 Å². The first-order valence-electron chi connectivity index (χ1n) is 10.5. The number of hydrogen-bond acceptors (Lipinski definition) is 7. The van der Waals surface area contributed by atoms with Crippen LogP contribution in [0.15, 0.2) is 35.0 Å². The molecule has 1 aromatic heterocycles. The summed E-state index contributed by atoms with van der Waals surface area (Å²) in [6, 6.07) is 9.72. The van der Waals surface area contributed by atoms with Crippen molar-refractivity contribution < 1.29 is 14.2 Å². The number of nitrogens with zero attached hydrogens (tertiary/aromatic N) is 4. The Morgan fingerprint density at radius 2 is 1.67 bits per heavy atom. The molecule has 156 valence electrons. The highest BCUT2D eigenvalue weighted by Crippen LogP contribution is 2.32. The maximum Gasteiger partial charge on any atom is 0.256 e. The fraction of sp³-hybridized carbons (Fsp3) is 0.409. The van der Waals surface area contributed by atoms with Crippen LogP contribution in [0.5, 0.6) is 0 Å². The highest BCUT2D eigenvalue weighted by molar-refractivity contribution is 6.10. The molecule has 8 nitrogen and oxygen atoms in total. The minimum atomic E-state index is -0.166. The largest absolute Gasteiger partial charge is 0.378 e. The van der Waals surface area contributed by atoms with E-state index in [0.29, 0.717) is 35.5 Å². The second kappa shape index (κ2) is 7.95. The number of carbonyl (C=O) groups excluding carboxylic acids is 1. The number of anilines is 3. The number of aromatic nitrogens is 2. The topological polar surface area (TPSA) is 83.7 Å². The molecule has 2 fully saturated rings. The molecule has 30 heavy (non-hydrogen) atoms. The van der Waals surface area contributed by atoms with Crippen molar-refractivity contribution in [3.63, 3.8) is 0 Å². The Kier molecular flexibility index (Phi) is 5.00. The first kappa shape index (κ1) is 18.9. The number of ether oxygens (including phenoxy) is 1. The van der Waals surface area contributed by atoms with Crippen molar-refractivity contribution in [1.82, 2.24) is 10.3 Å². The molecule has 0 atom stereocenters. The standard InChI is InChI=1S/C22H25N5O3/c1-15-16(5-4-6-18(15)27-11-13-29-14-12-27)22(28)23-17-7-8-19(26-9-2-3-10-26)21-20(17)24-30-25-21/h4-8H,2-3,9-14H2,1H3,(H,23,28). The highest BCUT2D eigenvalue weighted by Gasteiger charge is 2.22. The summed E-state index contributed by atoms with van der Waals surface area (Å²) in [4.78, 5) is 17.7. The predicted molar refractivity (Wildman–Crippen MR) is 115 cm³/mol. The zero-order valence-electron chi connectivity index (χ0n) is 17.1. The fourth-order valence-corrected chi connectivity index (χ4v) is 4.37. The summed E-state index contributed by atoms with van der Waals surface area (Å²) < 4.78 is 10.5. The minimum absolute atomic E-state index is 0.166. The van der Waals surface area contributed by atoms with Crippen LogP contribution >= 0.6 is 0 Å². The maximum absolute atomic E-state index is 13.1. The van der Waals surface area contributed by atoms with Gasteiger partial charge in [0.2, 0.25) is 0 Å². The normalized spacial score (nSPS) is 17.0. The van der Waals surface area contributed by atoms with Crippen LogP contribution in [0.3, 0.4) is 0 Å². The Balaban J connectivity index is 1.43. The Labute approximate surface area is 174 Å². The SMILES string of the molecule is Cc1c(C(=O)Nc2ccc(N3CCCC3)c3nonc23)cccc1N1CCOCC1. The van der Waals surface area contributed by atoms with E-state index in [0.717, 1.165) is 43.1 Å². The molecule has 0 unspecified atom stereocenters. The van der Waals surface area contributed by atoms with Gasteiger partial charge in [0.25, 0.3) is 5.91 Å². The monoisotopic (exact) mass is 407 g/mol. The first-order chi connectivity index (χ1) is 14.7. The molecule has 0 saturated carbocycles. The van der Waals surface area contributed by atoms with Gasteiger partial charge in [-0.25, -0.2) is 4.63 Å². The molecule has 0 bridgehead atoms. The Hall–Kier alpha value is -3.13. The number of carbonyl (C=O) groups is 1. The summed E-state index contributed by atoms with van der Waals surface area (Å²) in [5.41, 5.74) is 5.56. The molecule has 0 radical (unpaired) electrons. The van der Waals surface area contributed by atoms with Crippen LogP contribution in [0.25, 0.3) is 11.0 Å². The molecule has 2 aliphatic rings. The Morgan fingerprint density at radius 1 is 0.933 bits per heavy atom. The number of rotatable bonds is 4. The summed E-state index contributed by atoms with van der Waals surface area (Å²) in [7, 11) is 0. The van der Waals surface area contributed by atoms with Gasteiger partial charge in [-0.1, -0.05) is 6.07 Å². The molecule has 2 aliphatic heterocycles. The second-order valence-corrected chi connectivity index (χ2v) is 7.79. The van der Waals surface area contributed by atoms with Crippen molar-refractivity contribution in [2.75, 3.05) is 54.5 Å². The molecular formula is C22H25N5O3. The number of benzene rings is 2. The van der Waals surface area contributed by atoms with Gasteiger partial charge < -0.3 is 19.9 Å². The maximum atomic E-state index is 13.1. The smallest absolute Gasteiger partial charge is 0.256 e. The average molecular weight is 407 g/mol. The van der Waals surface area contributed by atoms with Gasteiger partial charge in [-0.15, -0.1) is 0 Å². The summed E-state index contributed by atoms with van der Waals surface area (Å²) >= 11 is 0. The van der Waals surface area contributed by atoms with Gasteiger partial charge in [-0.05, 0) is 59.9 Å². The molecule has 2 aromatic carbocycles. The molecular weight excluding hydrogens is 382 g/mol. The third kappa shape index (κ3) is 3.37. The summed E-state index contributed by atoms with van der Waals surface area (Å²) in [6.45, 7) is 7.06. The molecule has 0 spiro atoms. The molecule has 1 N–H and O–H groups in total. The molecule has 2 saturated heterocycles. The Morgan fingerprint density at radius 3 is 2.47 bits per heavy atom. The molecule has 1 amide bonds. The number of fused-ring (bicyclic) bond motifs is 1. The van der Waals surface area contributed by atoms with Crippen LogP contribution in [-0.4, -0.2) is 55.6 Å². The second-order valence-electron chi connectivity index (χ2n) is 7.79. The van der Waals surface area contributed by atoms with Gasteiger partial charge in [0.15, 0.2) is 11.0 Å². The van der Waals surface area contributed by atoms with Crippen molar-refractivity contribution in [2.24, 2.45) is 0 Å². The van der Waals surface area contributed by atoms with E-state index in [9.17, 15) is 4.79 Å². The lowest BCUT2D eigenvalue weighted by molar-refractivity contribution is 0.102. The van der Waals surface area contributed by atoms with Gasteiger partial charge in [0, 0.05) is 37.4 Å². The van der Waals surface area contributed by atoms with E-state index < -0.39 is 0 Å². The highest BCUT2D eigenvalue weighted by atomic mass is 16.6. The molecule has 3 aromatic rings. The summed E-state index contributed by atoms with van der Waals surface area (Å²) in [6.07, 6.45) is 2.34. The van der Waals surface area contributed by atoms with Crippen molar-refractivity contribution >= 4 is 34.0 Å². The third-order valence-corrected chi connectivity index (χ3v) is 5.99. The van der Waals surface area contributed by atoms with Crippen LogP contribution in [0.4, 0.5) is 17.1 Å². The van der Waals surface area contributed by atoms with E-state index >= 15 is 0 Å². The van der Waals surface area contributed by atoms with E-state index in [4.69, 9.17) is 9.37 Å². The van der Waals surface area contributed by atoms with Crippen molar-refractivity contribution in [3.05, 3.63) is 41.5 Å². The van der Waals surface area contributed by atoms with E-state index in [1.54, 1.807) is 0 Å². The van der Waals surface area contributed by atoms with Crippen LogP contribution in [0, 0.1) is 6.92 Å². The quantitative estimate of drug-likeness (QED) is 0.711. The summed E-state index contributed by atoms with van der Waals surface area (Å²) in [5, 5.41) is 11.2. The Bertz CT molecular complexity index is 1070. The fourth-order valence-electron chi connectivity index (χ4n) is 4.37. The van der Waals surface area contributed by atoms with Crippen LogP contribution in [0.2, 0.25) is 0 Å². The minimum Gasteiger partial charge on any atom is -0.378 e. The molecule has 0 aliphatic carbocycles. The zero-order chi connectivity index (χ0) is 20.5. The zero-order valence-corrected chi connectivity index (χ0v) is 17.1. The van der Waals surface area contributed by atoms with Crippen LogP contribution in [0.1, 0.15) is 28.8 Å². The van der Waals surface area contributed by atoms with Gasteiger partial charge in [0.1, 0.15) is 0 Å². The van der Waals surface area contributed by atoms with E-state index in [-0.39, 0.29) is 5.91 Å². The lowest BCUT2D eigenvalue weighted by Crippen LogP contribution is -2.36. The number of hydrogen-bond donors (Lipinski definition) is 1. The van der Waals surface area contributed by atoms with E-state index in [1.807, 2.05) is 31.2 Å². The molecule has 5 rings (SSSR count). The molecule has 8 heteroatoms. The van der Waals surface area contributed by atoms with Gasteiger partial charge >= 0.3 is 0 Å². The van der Waals surface area contributed by atoms with E-state index in [1.165, 1.54) is 12.8 Å². The van der Waals surface area contributed by atoms with Crippen LogP contribution < -0.4 is 15.1 Å². The van der Waals surface area contributed by atoms with E-state index in [2.05, 4.69) is 31.5 Å². The van der Waals surface area contributed by atoms with Gasteiger partial charge in [-0.2, -0.15) is 0 Å². The lowest BCUT2D eigenvalue weighted by atomic mass is 10.0. The summed E-state index contributed by atoms with van der Waals surface area (Å²) in [5.74, 6) is -0.166. The number of morpholine rings is 1. The number of amides is 1. The number of nitrogens with one attached hydrogen (secondary N) is 1. The lowest BCUT2D eigenvalue weighted by Gasteiger charge is -2.30. The predicted octanol–water partition coefficient (Wildman–Crippen LogP) is 3.22. The van der Waals surface area contributed by atoms with Crippen molar-refractivity contribution in [3.8, 4) is 0 Å². The van der Waals surface area contributed by atoms with Crippen molar-refractivity contribution in [1.29, 1.82) is 0 Å². The van der Waals surface area contributed by atoms with Crippen LogP contribution in [-0.2, 0) is 4.74 Å². The van der Waals surface area contributed by atoms with Crippen molar-refractivity contribution in [2.45, 2.75) is 19.8 Å². The first-order valence-corrected chi connectivity index (χ1v) is 10.5.